The summed E-state index contributed by atoms with van der Waals surface area (Å²) in [7, 11) is 0. The summed E-state index contributed by atoms with van der Waals surface area (Å²) >= 11 is 0. The molecule has 24 heavy (non-hydrogen) atoms. The zero-order chi connectivity index (χ0) is 17.5. The molecule has 2 nitrogen and oxygen atoms in total. The Bertz CT molecular complexity index is 675. The van der Waals surface area contributed by atoms with Crippen LogP contribution >= 0.6 is 0 Å². The third kappa shape index (κ3) is 3.12. The fraction of sp³-hybridized carbons (Fsp3) is 0.500. The first kappa shape index (κ1) is 20.0. The molecule has 0 aromatic heterocycles. The number of hydrogen-bond acceptors (Lipinski definition) is 2. The molecular formula is C18H20F4O2. The van der Waals surface area contributed by atoms with E-state index in [-0.39, 0.29) is 18.8 Å². The van der Waals surface area contributed by atoms with Gasteiger partial charge in [-0.1, -0.05) is 28.2 Å². The topological polar surface area (TPSA) is 26.3 Å². The fourth-order valence-electron chi connectivity index (χ4n) is 2.74. The van der Waals surface area contributed by atoms with Crippen LogP contribution < -0.4 is 0 Å². The van der Waals surface area contributed by atoms with Crippen molar-refractivity contribution in [3.63, 3.8) is 0 Å². The van der Waals surface area contributed by atoms with Gasteiger partial charge in [0.15, 0.2) is 23.3 Å². The average Bonchev–Trinajstić information content (AvgIpc) is 2.99. The van der Waals surface area contributed by atoms with Gasteiger partial charge in [-0.25, -0.2) is 17.6 Å². The summed E-state index contributed by atoms with van der Waals surface area (Å²) in [4.78, 5) is 11.9. The summed E-state index contributed by atoms with van der Waals surface area (Å²) in [6, 6.07) is 0. The van der Waals surface area contributed by atoms with E-state index >= 15 is 0 Å². The van der Waals surface area contributed by atoms with E-state index in [1.807, 2.05) is 26.7 Å². The van der Waals surface area contributed by atoms with E-state index in [4.69, 9.17) is 11.2 Å². The largest absolute Gasteiger partial charge is 0.460 e. The maximum Gasteiger partial charge on any atom is 0.310 e. The zero-order valence-corrected chi connectivity index (χ0v) is 13.0. The van der Waals surface area contributed by atoms with E-state index < -0.39 is 59.3 Å². The minimum atomic E-state index is -1.59. The van der Waals surface area contributed by atoms with Crippen LogP contribution in [0.15, 0.2) is 0 Å². The van der Waals surface area contributed by atoms with E-state index in [2.05, 4.69) is 0 Å². The Morgan fingerprint density at radius 1 is 1.12 bits per heavy atom. The van der Waals surface area contributed by atoms with Crippen LogP contribution in [0.3, 0.4) is 0 Å². The molecular weight excluding hydrogens is 324 g/mol. The number of carbonyl (C=O) groups is 1. The molecule has 1 aromatic carbocycles. The summed E-state index contributed by atoms with van der Waals surface area (Å²) in [6.45, 7) is 4.69. The maximum atomic E-state index is 13.9. The Kier molecular flexibility index (Phi) is 5.70. The van der Waals surface area contributed by atoms with Gasteiger partial charge >= 0.3 is 5.97 Å². The van der Waals surface area contributed by atoms with Crippen LogP contribution in [0.1, 0.15) is 39.3 Å². The molecule has 0 spiro atoms. The minimum absolute atomic E-state index is 0. The Labute approximate surface area is 139 Å². The van der Waals surface area contributed by atoms with Gasteiger partial charge in [0.2, 0.25) is 0 Å². The molecule has 1 aromatic rings. The molecule has 0 saturated heterocycles. The number of terminal acetylenes is 1. The van der Waals surface area contributed by atoms with Gasteiger partial charge in [-0.15, -0.1) is 12.3 Å². The van der Waals surface area contributed by atoms with E-state index in [9.17, 15) is 22.4 Å². The van der Waals surface area contributed by atoms with Gasteiger partial charge in [0.25, 0.3) is 0 Å². The Morgan fingerprint density at radius 2 is 1.54 bits per heavy atom. The number of rotatable bonds is 4. The second kappa shape index (κ2) is 6.84. The Balaban J connectivity index is 0.00000288. The number of esters is 1. The van der Waals surface area contributed by atoms with Gasteiger partial charge in [-0.05, 0) is 11.3 Å². The van der Waals surface area contributed by atoms with Crippen molar-refractivity contribution in [3.8, 4) is 12.3 Å². The second-order valence-corrected chi connectivity index (χ2v) is 6.29. The molecule has 2 atom stereocenters. The lowest BCUT2D eigenvalue weighted by molar-refractivity contribution is -0.147. The molecule has 0 aliphatic heterocycles. The van der Waals surface area contributed by atoms with Gasteiger partial charge < -0.3 is 4.74 Å². The first-order valence-electron chi connectivity index (χ1n) is 7.08. The number of hydrogen-bond donors (Lipinski definition) is 0. The molecule has 1 aliphatic rings. The predicted molar refractivity (Wildman–Crippen MR) is 81.8 cm³/mol. The van der Waals surface area contributed by atoms with E-state index in [1.165, 1.54) is 0 Å². The first-order chi connectivity index (χ1) is 10.6. The van der Waals surface area contributed by atoms with Crippen molar-refractivity contribution in [2.75, 3.05) is 0 Å². The van der Waals surface area contributed by atoms with Crippen LogP contribution in [0.4, 0.5) is 17.6 Å². The lowest BCUT2D eigenvalue weighted by Gasteiger charge is -2.11. The van der Waals surface area contributed by atoms with Crippen molar-refractivity contribution < 1.29 is 27.1 Å². The normalized spacial score (nSPS) is 20.8. The quantitative estimate of drug-likeness (QED) is 0.350. The molecule has 1 aliphatic carbocycles. The highest BCUT2D eigenvalue weighted by Crippen LogP contribution is 2.58. The molecule has 0 N–H and O–H groups in total. The van der Waals surface area contributed by atoms with Crippen LogP contribution in [0.25, 0.3) is 0 Å². The number of carbonyl (C=O) groups excluding carboxylic acids is 1. The highest BCUT2D eigenvalue weighted by atomic mass is 19.2. The fourth-order valence-corrected chi connectivity index (χ4v) is 2.74. The molecule has 0 radical (unpaired) electrons. The average molecular weight is 344 g/mol. The van der Waals surface area contributed by atoms with Crippen molar-refractivity contribution >= 4 is 5.97 Å². The number of halogens is 4. The first-order valence-corrected chi connectivity index (χ1v) is 7.08. The molecule has 1 saturated carbocycles. The van der Waals surface area contributed by atoms with Crippen LogP contribution in [0.2, 0.25) is 0 Å². The van der Waals surface area contributed by atoms with Crippen molar-refractivity contribution in [2.45, 2.75) is 41.2 Å². The van der Waals surface area contributed by atoms with Crippen molar-refractivity contribution in [1.29, 1.82) is 0 Å². The summed E-state index contributed by atoms with van der Waals surface area (Å²) in [5, 5.41) is 0. The summed E-state index contributed by atoms with van der Waals surface area (Å²) in [5.41, 5.74) is -2.07. The molecule has 2 unspecified atom stereocenters. The highest BCUT2D eigenvalue weighted by molar-refractivity contribution is 5.77. The Morgan fingerprint density at radius 3 is 1.92 bits per heavy atom. The molecule has 1 fully saturated rings. The van der Waals surface area contributed by atoms with Gasteiger partial charge in [0.05, 0.1) is 11.5 Å². The van der Waals surface area contributed by atoms with E-state index in [1.54, 1.807) is 0 Å². The van der Waals surface area contributed by atoms with Crippen molar-refractivity contribution in [3.05, 3.63) is 34.4 Å². The minimum Gasteiger partial charge on any atom is -0.460 e. The SMILES string of the molecule is C.C#CCc1c(F)c(F)c(COC(=O)C2C(C)C2(C)C)c(F)c1F. The lowest BCUT2D eigenvalue weighted by atomic mass is 10.1. The number of benzene rings is 1. The van der Waals surface area contributed by atoms with Crippen molar-refractivity contribution in [1.82, 2.24) is 0 Å². The molecule has 132 valence electrons. The molecule has 6 heteroatoms. The molecule has 0 heterocycles. The third-order valence-electron chi connectivity index (χ3n) is 4.70. The summed E-state index contributed by atoms with van der Waals surface area (Å²) < 4.78 is 60.1. The summed E-state index contributed by atoms with van der Waals surface area (Å²) in [5.74, 6) is -5.36. The molecule has 0 amide bonds. The maximum absolute atomic E-state index is 13.9. The van der Waals surface area contributed by atoms with Crippen molar-refractivity contribution in [2.24, 2.45) is 17.3 Å². The third-order valence-corrected chi connectivity index (χ3v) is 4.70. The van der Waals surface area contributed by atoms with Gasteiger partial charge in [-0.3, -0.25) is 4.79 Å². The van der Waals surface area contributed by atoms with Crippen LogP contribution in [-0.2, 0) is 22.6 Å². The van der Waals surface area contributed by atoms with Crippen LogP contribution in [-0.4, -0.2) is 5.97 Å². The predicted octanol–water partition coefficient (Wildman–Crippen LogP) is 4.39. The monoisotopic (exact) mass is 344 g/mol. The van der Waals surface area contributed by atoms with E-state index in [0.29, 0.717) is 0 Å². The van der Waals surface area contributed by atoms with Gasteiger partial charge in [-0.2, -0.15) is 0 Å². The van der Waals surface area contributed by atoms with Gasteiger partial charge in [0, 0.05) is 12.0 Å². The second-order valence-electron chi connectivity index (χ2n) is 6.29. The molecule has 0 bridgehead atoms. The van der Waals surface area contributed by atoms with Crippen LogP contribution in [0, 0.1) is 52.9 Å². The highest BCUT2D eigenvalue weighted by Gasteiger charge is 2.59. The standard InChI is InChI=1S/C17H16F4O2.CH4/c1-5-6-9-12(18)14(20)10(15(21)13(9)19)7-23-16(22)11-8(2)17(11,3)4;/h1,8,11H,6-7H2,2-4H3;1H4. The number of ether oxygens (including phenoxy) is 1. The van der Waals surface area contributed by atoms with Gasteiger partial charge in [0.1, 0.15) is 6.61 Å². The summed E-state index contributed by atoms with van der Waals surface area (Å²) in [6.07, 6.45) is 4.33. The van der Waals surface area contributed by atoms with E-state index in [0.717, 1.165) is 0 Å². The zero-order valence-electron chi connectivity index (χ0n) is 13.0. The lowest BCUT2D eigenvalue weighted by Crippen LogP contribution is -2.14. The van der Waals surface area contributed by atoms with Crippen LogP contribution in [0.5, 0.6) is 0 Å². The molecule has 2 rings (SSSR count). The smallest absolute Gasteiger partial charge is 0.310 e. The Hall–Kier alpha value is -2.03.